The number of nitrogens with one attached hydrogen (secondary N) is 2. The van der Waals surface area contributed by atoms with Gasteiger partial charge in [0.2, 0.25) is 0 Å². The number of rotatable bonds is 5. The molecule has 0 spiro atoms. The molecule has 0 bridgehead atoms. The van der Waals surface area contributed by atoms with E-state index in [2.05, 4.69) is 35.3 Å². The zero-order valence-electron chi connectivity index (χ0n) is 18.0. The van der Waals surface area contributed by atoms with Crippen LogP contribution in [0.3, 0.4) is 0 Å². The molecule has 0 atom stereocenters. The zero-order chi connectivity index (χ0) is 19.9. The molecule has 0 unspecified atom stereocenters. The summed E-state index contributed by atoms with van der Waals surface area (Å²) in [5, 5.41) is 15.9. The predicted molar refractivity (Wildman–Crippen MR) is 114 cm³/mol. The maximum atomic E-state index is 5.60. The number of hydrogen-bond donors (Lipinski definition) is 2. The van der Waals surface area contributed by atoms with Gasteiger partial charge in [-0.15, -0.1) is 10.2 Å². The topological polar surface area (TPSA) is 79.6 Å². The maximum Gasteiger partial charge on any atom is 0.191 e. The van der Waals surface area contributed by atoms with Crippen LogP contribution < -0.4 is 10.6 Å². The quantitative estimate of drug-likeness (QED) is 0.576. The minimum Gasteiger partial charge on any atom is -0.379 e. The molecule has 1 aromatic heterocycles. The second-order valence-corrected chi connectivity index (χ2v) is 8.66. The monoisotopic (exact) mass is 403 g/mol. The Morgan fingerprint density at radius 1 is 1.00 bits per heavy atom. The van der Waals surface area contributed by atoms with Gasteiger partial charge in [0.1, 0.15) is 5.82 Å². The van der Waals surface area contributed by atoms with Gasteiger partial charge >= 0.3 is 0 Å². The molecule has 4 rings (SSSR count). The van der Waals surface area contributed by atoms with Crippen LogP contribution in [0.25, 0.3) is 0 Å². The number of fused-ring (bicyclic) bond motifs is 1. The van der Waals surface area contributed by atoms with Gasteiger partial charge in [-0.05, 0) is 25.7 Å². The summed E-state index contributed by atoms with van der Waals surface area (Å²) in [7, 11) is 1.85. The second kappa shape index (κ2) is 9.89. The highest BCUT2D eigenvalue weighted by atomic mass is 16.5. The van der Waals surface area contributed by atoms with Crippen LogP contribution in [0.15, 0.2) is 4.99 Å². The molecular formula is C21H37N7O. The molecule has 1 saturated carbocycles. The SMILES string of the molecule is CN=C(NCc1nnc2n1CCCCC2)NCC1(N2CCOCC2)CCCCC1. The van der Waals surface area contributed by atoms with E-state index in [-0.39, 0.29) is 5.54 Å². The van der Waals surface area contributed by atoms with Gasteiger partial charge in [-0.25, -0.2) is 0 Å². The lowest BCUT2D eigenvalue weighted by atomic mass is 9.80. The Morgan fingerprint density at radius 2 is 1.79 bits per heavy atom. The normalized spacial score (nSPS) is 23.3. The molecule has 1 saturated heterocycles. The van der Waals surface area contributed by atoms with Crippen molar-refractivity contribution in [3.8, 4) is 0 Å². The standard InChI is InChI=1S/C21H37N7O/c1-22-20(23-16-19-26-25-18-8-4-2-7-11-28(18)19)24-17-21(9-5-3-6-10-21)27-12-14-29-15-13-27/h2-17H2,1H3,(H2,22,23,24). The third-order valence-corrected chi connectivity index (χ3v) is 6.87. The van der Waals surface area contributed by atoms with Gasteiger partial charge in [0.25, 0.3) is 0 Å². The smallest absolute Gasteiger partial charge is 0.191 e. The summed E-state index contributed by atoms with van der Waals surface area (Å²) in [4.78, 5) is 7.13. The first-order valence-corrected chi connectivity index (χ1v) is 11.5. The first-order valence-electron chi connectivity index (χ1n) is 11.5. The fourth-order valence-electron chi connectivity index (χ4n) is 5.16. The van der Waals surface area contributed by atoms with Crippen molar-refractivity contribution in [2.45, 2.75) is 76.4 Å². The first kappa shape index (κ1) is 20.6. The van der Waals surface area contributed by atoms with Gasteiger partial charge in [0, 0.05) is 45.2 Å². The number of guanidine groups is 1. The van der Waals surface area contributed by atoms with E-state index in [1.807, 2.05) is 7.05 Å². The molecule has 8 heteroatoms. The van der Waals surface area contributed by atoms with Crippen molar-refractivity contribution in [1.29, 1.82) is 0 Å². The van der Waals surface area contributed by atoms with E-state index in [0.717, 1.165) is 63.4 Å². The molecular weight excluding hydrogens is 366 g/mol. The number of hydrogen-bond acceptors (Lipinski definition) is 5. The van der Waals surface area contributed by atoms with Gasteiger partial charge in [-0.1, -0.05) is 25.7 Å². The van der Waals surface area contributed by atoms with E-state index < -0.39 is 0 Å². The molecule has 29 heavy (non-hydrogen) atoms. The molecule has 8 nitrogen and oxygen atoms in total. The van der Waals surface area contributed by atoms with Crippen molar-refractivity contribution < 1.29 is 4.74 Å². The van der Waals surface area contributed by atoms with Crippen LogP contribution in [0.5, 0.6) is 0 Å². The lowest BCUT2D eigenvalue weighted by Crippen LogP contribution is -2.60. The number of aryl methyl sites for hydroxylation is 1. The van der Waals surface area contributed by atoms with Crippen LogP contribution in [-0.4, -0.2) is 71.1 Å². The third kappa shape index (κ3) is 4.91. The van der Waals surface area contributed by atoms with E-state index in [1.54, 1.807) is 0 Å². The number of aliphatic imine (C=N–C) groups is 1. The van der Waals surface area contributed by atoms with Crippen molar-refractivity contribution in [2.24, 2.45) is 4.99 Å². The van der Waals surface area contributed by atoms with Gasteiger partial charge < -0.3 is 19.9 Å². The van der Waals surface area contributed by atoms with E-state index in [1.165, 1.54) is 51.4 Å². The minimum atomic E-state index is 0.228. The van der Waals surface area contributed by atoms with Crippen LogP contribution in [0, 0.1) is 0 Å². The van der Waals surface area contributed by atoms with Crippen molar-refractivity contribution in [2.75, 3.05) is 39.9 Å². The summed E-state index contributed by atoms with van der Waals surface area (Å²) in [6.45, 7) is 6.42. The zero-order valence-corrected chi connectivity index (χ0v) is 18.0. The molecule has 0 aromatic carbocycles. The Labute approximate surface area is 174 Å². The first-order chi connectivity index (χ1) is 14.3. The highest BCUT2D eigenvalue weighted by Crippen LogP contribution is 2.33. The van der Waals surface area contributed by atoms with Gasteiger partial charge in [-0.3, -0.25) is 9.89 Å². The molecule has 3 heterocycles. The summed E-state index contributed by atoms with van der Waals surface area (Å²) in [6, 6.07) is 0. The Bertz CT molecular complexity index is 675. The number of ether oxygens (including phenoxy) is 1. The molecule has 3 aliphatic rings. The lowest BCUT2D eigenvalue weighted by Gasteiger charge is -2.48. The van der Waals surface area contributed by atoms with Crippen molar-refractivity contribution in [3.05, 3.63) is 11.6 Å². The fourth-order valence-corrected chi connectivity index (χ4v) is 5.16. The van der Waals surface area contributed by atoms with Gasteiger partial charge in [-0.2, -0.15) is 0 Å². The van der Waals surface area contributed by atoms with Crippen LogP contribution in [0.2, 0.25) is 0 Å². The Balaban J connectivity index is 1.35. The molecule has 1 aliphatic carbocycles. The van der Waals surface area contributed by atoms with Crippen molar-refractivity contribution >= 4 is 5.96 Å². The van der Waals surface area contributed by atoms with Gasteiger partial charge in [0.05, 0.1) is 19.8 Å². The summed E-state index contributed by atoms with van der Waals surface area (Å²) >= 11 is 0. The highest BCUT2D eigenvalue weighted by molar-refractivity contribution is 5.79. The van der Waals surface area contributed by atoms with Gasteiger partial charge in [0.15, 0.2) is 11.8 Å². The van der Waals surface area contributed by atoms with E-state index in [4.69, 9.17) is 4.74 Å². The molecule has 2 fully saturated rings. The fraction of sp³-hybridized carbons (Fsp3) is 0.857. The number of nitrogens with zero attached hydrogens (tertiary/aromatic N) is 5. The highest BCUT2D eigenvalue weighted by Gasteiger charge is 2.38. The van der Waals surface area contributed by atoms with Crippen molar-refractivity contribution in [3.63, 3.8) is 0 Å². The maximum absolute atomic E-state index is 5.60. The van der Waals surface area contributed by atoms with Crippen LogP contribution >= 0.6 is 0 Å². The molecule has 1 aromatic rings. The Morgan fingerprint density at radius 3 is 2.59 bits per heavy atom. The molecule has 0 amide bonds. The largest absolute Gasteiger partial charge is 0.379 e. The second-order valence-electron chi connectivity index (χ2n) is 8.66. The van der Waals surface area contributed by atoms with E-state index in [9.17, 15) is 0 Å². The number of morpholine rings is 1. The molecule has 0 radical (unpaired) electrons. The number of aromatic nitrogens is 3. The summed E-state index contributed by atoms with van der Waals surface area (Å²) in [5.74, 6) is 3.01. The molecule has 2 N–H and O–H groups in total. The lowest BCUT2D eigenvalue weighted by molar-refractivity contribution is -0.0352. The van der Waals surface area contributed by atoms with E-state index >= 15 is 0 Å². The average molecular weight is 404 g/mol. The summed E-state index contributed by atoms with van der Waals surface area (Å²) in [6.07, 6.45) is 11.3. The third-order valence-electron chi connectivity index (χ3n) is 6.87. The summed E-state index contributed by atoms with van der Waals surface area (Å²) < 4.78 is 7.90. The van der Waals surface area contributed by atoms with E-state index in [0.29, 0.717) is 6.54 Å². The van der Waals surface area contributed by atoms with Crippen molar-refractivity contribution in [1.82, 2.24) is 30.3 Å². The Kier molecular flexibility index (Phi) is 7.02. The Hall–Kier alpha value is -1.67. The summed E-state index contributed by atoms with van der Waals surface area (Å²) in [5.41, 5.74) is 0.228. The van der Waals surface area contributed by atoms with Crippen LogP contribution in [0.1, 0.15) is 63.0 Å². The van der Waals surface area contributed by atoms with Crippen LogP contribution in [0.4, 0.5) is 0 Å². The molecule has 162 valence electrons. The van der Waals surface area contributed by atoms with Crippen LogP contribution in [-0.2, 0) is 24.2 Å². The minimum absolute atomic E-state index is 0.228. The molecule has 2 aliphatic heterocycles. The predicted octanol–water partition coefficient (Wildman–Crippen LogP) is 1.70. The average Bonchev–Trinajstić information content (AvgIpc) is 3.01.